The van der Waals surface area contributed by atoms with Crippen molar-refractivity contribution >= 4 is 38.6 Å². The summed E-state index contributed by atoms with van der Waals surface area (Å²) in [5.74, 6) is -0.909. The summed E-state index contributed by atoms with van der Waals surface area (Å²) in [6.45, 7) is 0. The minimum Gasteiger partial charge on any atom is -0.338 e. The molecule has 2 nitrogen and oxygen atoms in total. The van der Waals surface area contributed by atoms with Crippen molar-refractivity contribution in [2.24, 2.45) is 0 Å². The van der Waals surface area contributed by atoms with Gasteiger partial charge in [0, 0.05) is 21.1 Å². The highest BCUT2D eigenvalue weighted by atomic mass is 79.9. The van der Waals surface area contributed by atoms with E-state index in [0.717, 1.165) is 10.5 Å². The maximum atomic E-state index is 13.6. The van der Waals surface area contributed by atoms with E-state index >= 15 is 0 Å². The lowest BCUT2D eigenvalue weighted by Gasteiger charge is -1.99. The van der Waals surface area contributed by atoms with Crippen LogP contribution in [0.25, 0.3) is 22.4 Å². The molecule has 0 aliphatic heterocycles. The van der Waals surface area contributed by atoms with Crippen molar-refractivity contribution in [3.8, 4) is 11.4 Å². The molecule has 0 saturated heterocycles. The number of halogens is 4. The Balaban J connectivity index is 2.23. The zero-order chi connectivity index (χ0) is 13.6. The number of aromatic nitrogens is 2. The van der Waals surface area contributed by atoms with Gasteiger partial charge in [0.15, 0.2) is 5.82 Å². The molecule has 0 spiro atoms. The summed E-state index contributed by atoms with van der Waals surface area (Å²) in [5, 5.41) is 0.525. The molecule has 1 heterocycles. The van der Waals surface area contributed by atoms with Gasteiger partial charge in [0.05, 0.1) is 5.52 Å². The number of benzene rings is 2. The van der Waals surface area contributed by atoms with Gasteiger partial charge in [0.1, 0.15) is 17.2 Å². The molecule has 0 aliphatic carbocycles. The second-order valence-electron chi connectivity index (χ2n) is 4.03. The monoisotopic (exact) mass is 342 g/mol. The van der Waals surface area contributed by atoms with E-state index in [0.29, 0.717) is 21.9 Å². The fourth-order valence-corrected chi connectivity index (χ4v) is 2.73. The van der Waals surface area contributed by atoms with Gasteiger partial charge < -0.3 is 4.98 Å². The van der Waals surface area contributed by atoms with E-state index in [1.807, 2.05) is 0 Å². The van der Waals surface area contributed by atoms with Crippen LogP contribution in [0.3, 0.4) is 0 Å². The number of hydrogen-bond donors (Lipinski definition) is 1. The molecule has 0 fully saturated rings. The first-order valence-electron chi connectivity index (χ1n) is 5.34. The normalized spacial score (nSPS) is 11.2. The van der Waals surface area contributed by atoms with Gasteiger partial charge >= 0.3 is 0 Å². The first-order valence-corrected chi connectivity index (χ1v) is 6.51. The first kappa shape index (κ1) is 12.6. The lowest BCUT2D eigenvalue weighted by Crippen LogP contribution is -1.81. The smallest absolute Gasteiger partial charge is 0.153 e. The van der Waals surface area contributed by atoms with Gasteiger partial charge in [0.2, 0.25) is 0 Å². The molecule has 6 heteroatoms. The lowest BCUT2D eigenvalue weighted by atomic mass is 10.2. The minimum atomic E-state index is -0.696. The highest BCUT2D eigenvalue weighted by Gasteiger charge is 2.11. The van der Waals surface area contributed by atoms with Crippen LogP contribution < -0.4 is 0 Å². The predicted molar refractivity (Wildman–Crippen MR) is 74.2 cm³/mol. The molecule has 3 rings (SSSR count). The molecule has 0 aliphatic rings. The van der Waals surface area contributed by atoms with E-state index in [2.05, 4.69) is 25.9 Å². The first-order chi connectivity index (χ1) is 9.02. The second kappa shape index (κ2) is 4.58. The summed E-state index contributed by atoms with van der Waals surface area (Å²) in [6.07, 6.45) is 0. The summed E-state index contributed by atoms with van der Waals surface area (Å²) >= 11 is 9.27. The van der Waals surface area contributed by atoms with Crippen molar-refractivity contribution in [1.29, 1.82) is 0 Å². The Morgan fingerprint density at radius 2 is 1.89 bits per heavy atom. The SMILES string of the molecule is Fc1cc(F)c2nc(-c3cc(Cl)cc(Br)c3)[nH]c2c1. The van der Waals surface area contributed by atoms with Crippen LogP contribution in [0, 0.1) is 11.6 Å². The van der Waals surface area contributed by atoms with Gasteiger partial charge in [-0.2, -0.15) is 0 Å². The van der Waals surface area contributed by atoms with E-state index in [1.165, 1.54) is 6.07 Å². The van der Waals surface area contributed by atoms with Gasteiger partial charge in [-0.05, 0) is 24.3 Å². The van der Waals surface area contributed by atoms with E-state index in [-0.39, 0.29) is 5.52 Å². The van der Waals surface area contributed by atoms with E-state index < -0.39 is 11.6 Å². The zero-order valence-corrected chi connectivity index (χ0v) is 11.7. The van der Waals surface area contributed by atoms with Gasteiger partial charge in [-0.25, -0.2) is 13.8 Å². The Labute approximate surface area is 120 Å². The van der Waals surface area contributed by atoms with Crippen molar-refractivity contribution < 1.29 is 8.78 Å². The molecule has 3 aromatic rings. The van der Waals surface area contributed by atoms with E-state index in [1.54, 1.807) is 18.2 Å². The highest BCUT2D eigenvalue weighted by Crippen LogP contribution is 2.28. The molecule has 2 aromatic carbocycles. The Hall–Kier alpha value is -1.46. The Kier molecular flexibility index (Phi) is 3.03. The summed E-state index contributed by atoms with van der Waals surface area (Å²) in [7, 11) is 0. The predicted octanol–water partition coefficient (Wildman–Crippen LogP) is 4.92. The summed E-state index contributed by atoms with van der Waals surface area (Å²) < 4.78 is 27.5. The van der Waals surface area contributed by atoms with Gasteiger partial charge in [-0.3, -0.25) is 0 Å². The van der Waals surface area contributed by atoms with Gasteiger partial charge in [0.25, 0.3) is 0 Å². The third-order valence-electron chi connectivity index (χ3n) is 2.64. The molecule has 0 amide bonds. The number of nitrogens with one attached hydrogen (secondary N) is 1. The largest absolute Gasteiger partial charge is 0.338 e. The quantitative estimate of drug-likeness (QED) is 0.667. The zero-order valence-electron chi connectivity index (χ0n) is 9.35. The number of imidazole rings is 1. The number of hydrogen-bond acceptors (Lipinski definition) is 1. The van der Waals surface area contributed by atoms with Gasteiger partial charge in [-0.1, -0.05) is 27.5 Å². The maximum Gasteiger partial charge on any atom is 0.153 e. The molecule has 1 aromatic heterocycles. The van der Waals surface area contributed by atoms with E-state index in [9.17, 15) is 8.78 Å². The summed E-state index contributed by atoms with van der Waals surface area (Å²) in [5.41, 5.74) is 1.10. The van der Waals surface area contributed by atoms with Crippen molar-refractivity contribution in [2.45, 2.75) is 0 Å². The van der Waals surface area contributed by atoms with Crippen molar-refractivity contribution in [1.82, 2.24) is 9.97 Å². The fourth-order valence-electron chi connectivity index (χ4n) is 1.87. The van der Waals surface area contributed by atoms with Crippen LogP contribution >= 0.6 is 27.5 Å². The molecule has 0 atom stereocenters. The van der Waals surface area contributed by atoms with Crippen LogP contribution in [0.15, 0.2) is 34.8 Å². The summed E-state index contributed by atoms with van der Waals surface area (Å²) in [6, 6.07) is 7.22. The van der Waals surface area contributed by atoms with Crippen LogP contribution in [0.5, 0.6) is 0 Å². The van der Waals surface area contributed by atoms with E-state index in [4.69, 9.17) is 11.6 Å². The van der Waals surface area contributed by atoms with Crippen LogP contribution in [-0.4, -0.2) is 9.97 Å². The molecular weight excluding hydrogens is 338 g/mol. The van der Waals surface area contributed by atoms with Crippen molar-refractivity contribution in [3.63, 3.8) is 0 Å². The topological polar surface area (TPSA) is 28.7 Å². The average molecular weight is 344 g/mol. The third-order valence-corrected chi connectivity index (χ3v) is 3.32. The second-order valence-corrected chi connectivity index (χ2v) is 5.38. The van der Waals surface area contributed by atoms with Crippen LogP contribution in [0.2, 0.25) is 5.02 Å². The van der Waals surface area contributed by atoms with Crippen LogP contribution in [-0.2, 0) is 0 Å². The highest BCUT2D eigenvalue weighted by molar-refractivity contribution is 9.10. The van der Waals surface area contributed by atoms with Crippen LogP contribution in [0.1, 0.15) is 0 Å². The average Bonchev–Trinajstić information content (AvgIpc) is 2.71. The third kappa shape index (κ3) is 2.35. The molecule has 0 radical (unpaired) electrons. The lowest BCUT2D eigenvalue weighted by molar-refractivity contribution is 0.591. The Bertz CT molecular complexity index is 765. The molecule has 0 bridgehead atoms. The van der Waals surface area contributed by atoms with Crippen molar-refractivity contribution in [2.75, 3.05) is 0 Å². The standard InChI is InChI=1S/C13H6BrClF2N2/c14-7-1-6(2-8(15)3-7)13-18-11-5-9(16)4-10(17)12(11)19-13/h1-5H,(H,18,19). The Morgan fingerprint density at radius 3 is 2.63 bits per heavy atom. The molecule has 0 unspecified atom stereocenters. The summed E-state index contributed by atoms with van der Waals surface area (Å²) in [4.78, 5) is 7.01. The number of nitrogens with zero attached hydrogens (tertiary/aromatic N) is 1. The fraction of sp³-hybridized carbons (Fsp3) is 0. The van der Waals surface area contributed by atoms with Crippen molar-refractivity contribution in [3.05, 3.63) is 51.5 Å². The molecular formula is C13H6BrClF2N2. The molecule has 96 valence electrons. The molecule has 1 N–H and O–H groups in total. The van der Waals surface area contributed by atoms with Crippen LogP contribution in [0.4, 0.5) is 8.78 Å². The van der Waals surface area contributed by atoms with Gasteiger partial charge in [-0.15, -0.1) is 0 Å². The Morgan fingerprint density at radius 1 is 1.11 bits per heavy atom. The number of rotatable bonds is 1. The number of aromatic amines is 1. The molecule has 19 heavy (non-hydrogen) atoms. The number of H-pyrrole nitrogens is 1. The number of fused-ring (bicyclic) bond motifs is 1. The molecule has 0 saturated carbocycles. The minimum absolute atomic E-state index is 0.104. The maximum absolute atomic E-state index is 13.6.